The largest absolute Gasteiger partial charge is 0.465 e. The van der Waals surface area contributed by atoms with E-state index in [1.54, 1.807) is 0 Å². The molecule has 0 saturated carbocycles. The van der Waals surface area contributed by atoms with Crippen LogP contribution in [0.5, 0.6) is 0 Å². The minimum absolute atomic E-state index is 0.260. The Labute approximate surface area is 138 Å². The molecular weight excluding hydrogens is 345 g/mol. The van der Waals surface area contributed by atoms with Gasteiger partial charge in [0, 0.05) is 12.7 Å². The molecule has 0 bridgehead atoms. The van der Waals surface area contributed by atoms with E-state index in [0.29, 0.717) is 9.25 Å². The molecule has 134 valence electrons. The molecule has 0 saturated heterocycles. The van der Waals surface area contributed by atoms with Crippen LogP contribution in [0.4, 0.5) is 18.9 Å². The van der Waals surface area contributed by atoms with Crippen molar-refractivity contribution in [2.45, 2.75) is 12.7 Å². The Balaban J connectivity index is 2.11. The second kappa shape index (κ2) is 6.79. The van der Waals surface area contributed by atoms with E-state index in [4.69, 9.17) is 0 Å². The molecule has 25 heavy (non-hydrogen) atoms. The summed E-state index contributed by atoms with van der Waals surface area (Å²) in [6.07, 6.45) is -4.81. The molecular formula is C14H13F3N4O4. The van der Waals surface area contributed by atoms with E-state index in [9.17, 15) is 27.6 Å². The van der Waals surface area contributed by atoms with Crippen LogP contribution < -0.4 is 11.0 Å². The lowest BCUT2D eigenvalue weighted by Crippen LogP contribution is -2.29. The van der Waals surface area contributed by atoms with Crippen molar-refractivity contribution in [1.82, 2.24) is 14.3 Å². The van der Waals surface area contributed by atoms with E-state index < -0.39 is 36.1 Å². The Morgan fingerprint density at radius 1 is 1.24 bits per heavy atom. The lowest BCUT2D eigenvalue weighted by molar-refractivity contribution is -0.147. The van der Waals surface area contributed by atoms with E-state index >= 15 is 0 Å². The zero-order valence-corrected chi connectivity index (χ0v) is 13.1. The van der Waals surface area contributed by atoms with E-state index in [0.717, 1.165) is 7.05 Å². The van der Waals surface area contributed by atoms with Crippen LogP contribution in [0.3, 0.4) is 0 Å². The van der Waals surface area contributed by atoms with Gasteiger partial charge in [-0.1, -0.05) is 0 Å². The van der Waals surface area contributed by atoms with Crippen molar-refractivity contribution in [2.75, 3.05) is 12.4 Å². The number of carbonyl (C=O) groups is 2. The van der Waals surface area contributed by atoms with Gasteiger partial charge >= 0.3 is 17.8 Å². The molecule has 1 amide bonds. The van der Waals surface area contributed by atoms with Crippen molar-refractivity contribution in [3.8, 4) is 0 Å². The summed E-state index contributed by atoms with van der Waals surface area (Å²) in [6.45, 7) is -0.693. The average molecular weight is 358 g/mol. The first kappa shape index (κ1) is 18.2. The first-order chi connectivity index (χ1) is 11.6. The molecule has 0 aliphatic carbocycles. The number of halogens is 3. The smallest absolute Gasteiger partial charge is 0.451 e. The first-order valence-corrected chi connectivity index (χ1v) is 6.82. The van der Waals surface area contributed by atoms with Crippen LogP contribution >= 0.6 is 0 Å². The number of alkyl halides is 3. The van der Waals surface area contributed by atoms with Crippen LogP contribution in [0.1, 0.15) is 16.2 Å². The van der Waals surface area contributed by atoms with Crippen LogP contribution in [-0.2, 0) is 29.3 Å². The SMILES string of the molecule is COC(=O)c1ccc(NC(=O)Cn2nc(C(F)(F)F)n(C)c2=O)cc1. The van der Waals surface area contributed by atoms with Gasteiger partial charge in [0.25, 0.3) is 0 Å². The van der Waals surface area contributed by atoms with Gasteiger partial charge in [0.05, 0.1) is 12.7 Å². The number of hydrogen-bond acceptors (Lipinski definition) is 5. The molecule has 0 radical (unpaired) electrons. The number of esters is 1. The summed E-state index contributed by atoms with van der Waals surface area (Å²) in [4.78, 5) is 34.9. The van der Waals surface area contributed by atoms with Gasteiger partial charge in [-0.3, -0.25) is 9.36 Å². The number of rotatable bonds is 4. The third-order valence-electron chi connectivity index (χ3n) is 3.18. The molecule has 2 rings (SSSR count). The number of nitrogens with one attached hydrogen (secondary N) is 1. The predicted octanol–water partition coefficient (Wildman–Crippen LogP) is 1.03. The molecule has 1 N–H and O–H groups in total. The van der Waals surface area contributed by atoms with Crippen LogP contribution in [-0.4, -0.2) is 33.3 Å². The number of amides is 1. The number of anilines is 1. The molecule has 1 aromatic heterocycles. The highest BCUT2D eigenvalue weighted by Crippen LogP contribution is 2.25. The van der Waals surface area contributed by atoms with Gasteiger partial charge in [0.15, 0.2) is 0 Å². The van der Waals surface area contributed by atoms with Crippen molar-refractivity contribution in [3.05, 3.63) is 46.1 Å². The van der Waals surface area contributed by atoms with Gasteiger partial charge in [-0.2, -0.15) is 13.2 Å². The number of ether oxygens (including phenoxy) is 1. The molecule has 0 unspecified atom stereocenters. The fraction of sp³-hybridized carbons (Fsp3) is 0.286. The minimum Gasteiger partial charge on any atom is -0.465 e. The summed E-state index contributed by atoms with van der Waals surface area (Å²) in [6, 6.07) is 5.62. The molecule has 0 fully saturated rings. The van der Waals surface area contributed by atoms with E-state index in [1.807, 2.05) is 0 Å². The summed E-state index contributed by atoms with van der Waals surface area (Å²) >= 11 is 0. The molecule has 8 nitrogen and oxygen atoms in total. The number of benzene rings is 1. The van der Waals surface area contributed by atoms with Crippen LogP contribution in [0.25, 0.3) is 0 Å². The molecule has 1 heterocycles. The maximum Gasteiger partial charge on any atom is 0.451 e. The van der Waals surface area contributed by atoms with Crippen molar-refractivity contribution in [1.29, 1.82) is 0 Å². The Morgan fingerprint density at radius 2 is 1.84 bits per heavy atom. The topological polar surface area (TPSA) is 95.2 Å². The highest BCUT2D eigenvalue weighted by Gasteiger charge is 2.38. The van der Waals surface area contributed by atoms with E-state index in [1.165, 1.54) is 31.4 Å². The lowest BCUT2D eigenvalue weighted by atomic mass is 10.2. The third kappa shape index (κ3) is 4.05. The van der Waals surface area contributed by atoms with Crippen molar-refractivity contribution >= 4 is 17.6 Å². The molecule has 1 aromatic carbocycles. The number of methoxy groups -OCH3 is 1. The number of hydrogen-bond donors (Lipinski definition) is 1. The van der Waals surface area contributed by atoms with Gasteiger partial charge < -0.3 is 10.1 Å². The van der Waals surface area contributed by atoms with Crippen LogP contribution in [0.2, 0.25) is 0 Å². The maximum absolute atomic E-state index is 12.7. The van der Waals surface area contributed by atoms with Crippen molar-refractivity contribution < 1.29 is 27.5 Å². The Morgan fingerprint density at radius 3 is 2.32 bits per heavy atom. The third-order valence-corrected chi connectivity index (χ3v) is 3.18. The second-order valence-corrected chi connectivity index (χ2v) is 4.94. The monoisotopic (exact) mass is 358 g/mol. The lowest BCUT2D eigenvalue weighted by Gasteiger charge is -2.06. The minimum atomic E-state index is -4.81. The molecule has 0 spiro atoms. The highest BCUT2D eigenvalue weighted by atomic mass is 19.4. The molecule has 11 heteroatoms. The first-order valence-electron chi connectivity index (χ1n) is 6.82. The number of aromatic nitrogens is 3. The van der Waals surface area contributed by atoms with Crippen molar-refractivity contribution in [2.24, 2.45) is 7.05 Å². The number of carbonyl (C=O) groups excluding carboxylic acids is 2. The van der Waals surface area contributed by atoms with Gasteiger partial charge in [-0.05, 0) is 24.3 Å². The normalized spacial score (nSPS) is 11.2. The molecule has 0 aliphatic rings. The predicted molar refractivity (Wildman–Crippen MR) is 78.9 cm³/mol. The van der Waals surface area contributed by atoms with Crippen molar-refractivity contribution in [3.63, 3.8) is 0 Å². The van der Waals surface area contributed by atoms with Crippen LogP contribution in [0.15, 0.2) is 29.1 Å². The summed E-state index contributed by atoms with van der Waals surface area (Å²) in [7, 11) is 2.13. The van der Waals surface area contributed by atoms with Gasteiger partial charge in [0.2, 0.25) is 11.7 Å². The Kier molecular flexibility index (Phi) is 4.95. The second-order valence-electron chi connectivity index (χ2n) is 4.94. The zero-order chi connectivity index (χ0) is 18.8. The fourth-order valence-corrected chi connectivity index (χ4v) is 1.98. The van der Waals surface area contributed by atoms with Crippen LogP contribution in [0, 0.1) is 0 Å². The summed E-state index contributed by atoms with van der Waals surface area (Å²) in [5, 5.41) is 5.52. The Bertz CT molecular complexity index is 852. The summed E-state index contributed by atoms with van der Waals surface area (Å²) in [5.41, 5.74) is -0.516. The highest BCUT2D eigenvalue weighted by molar-refractivity contribution is 5.92. The zero-order valence-electron chi connectivity index (χ0n) is 13.1. The average Bonchev–Trinajstić information content (AvgIpc) is 2.83. The van der Waals surface area contributed by atoms with Gasteiger partial charge in [0.1, 0.15) is 6.54 Å². The number of nitrogens with zero attached hydrogens (tertiary/aromatic N) is 3. The van der Waals surface area contributed by atoms with E-state index in [-0.39, 0.29) is 11.3 Å². The summed E-state index contributed by atoms with van der Waals surface area (Å²) < 4.78 is 43.3. The van der Waals surface area contributed by atoms with E-state index in [2.05, 4.69) is 15.2 Å². The van der Waals surface area contributed by atoms with Gasteiger partial charge in [-0.15, -0.1) is 5.10 Å². The fourth-order valence-electron chi connectivity index (χ4n) is 1.98. The van der Waals surface area contributed by atoms with Gasteiger partial charge in [-0.25, -0.2) is 14.3 Å². The standard InChI is InChI=1S/C14H13F3N4O4/c1-20-12(14(15,16)17)19-21(13(20)24)7-10(22)18-9-5-3-8(4-6-9)11(23)25-2/h3-6H,7H2,1-2H3,(H,18,22). The maximum atomic E-state index is 12.7. The molecule has 0 aliphatic heterocycles. The molecule has 0 atom stereocenters. The quantitative estimate of drug-likeness (QED) is 0.824. The Hall–Kier alpha value is -3.11. The summed E-state index contributed by atoms with van der Waals surface area (Å²) in [5.74, 6) is -2.70. The molecule has 2 aromatic rings.